The molecule has 0 spiro atoms. The number of benzene rings is 2. The van der Waals surface area contributed by atoms with Crippen LogP contribution in [0.15, 0.2) is 53.7 Å². The molecule has 0 aliphatic carbocycles. The van der Waals surface area contributed by atoms with Gasteiger partial charge in [-0.15, -0.1) is 10.2 Å². The molecule has 4 aromatic rings. The third kappa shape index (κ3) is 2.26. The Hall–Kier alpha value is -2.71. The Morgan fingerprint density at radius 2 is 1.62 bits per heavy atom. The maximum atomic E-state index is 12.4. The maximum Gasteiger partial charge on any atom is 0.261 e. The number of carbonyl (C=O) groups is 2. The number of amides is 2. The lowest BCUT2D eigenvalue weighted by Gasteiger charge is -2.12. The molecule has 5 rings (SSSR count). The summed E-state index contributed by atoms with van der Waals surface area (Å²) in [7, 11) is 0. The molecule has 2 aromatic carbocycles. The molecular formula is C18H12N4O2S2. The lowest BCUT2D eigenvalue weighted by Crippen LogP contribution is -2.31. The van der Waals surface area contributed by atoms with Crippen LogP contribution in [0, 0.1) is 0 Å². The fraction of sp³-hybridized carbons (Fsp3) is 0.111. The Balaban J connectivity index is 1.36. The van der Waals surface area contributed by atoms with Gasteiger partial charge in [0.2, 0.25) is 4.96 Å². The smallest absolute Gasteiger partial charge is 0.261 e. The van der Waals surface area contributed by atoms with Crippen LogP contribution in [0.2, 0.25) is 0 Å². The van der Waals surface area contributed by atoms with Crippen molar-refractivity contribution >= 4 is 50.1 Å². The van der Waals surface area contributed by atoms with E-state index in [1.165, 1.54) is 16.7 Å². The Morgan fingerprint density at radius 1 is 0.923 bits per heavy atom. The zero-order valence-corrected chi connectivity index (χ0v) is 15.1. The van der Waals surface area contributed by atoms with Crippen molar-refractivity contribution in [3.05, 3.63) is 59.7 Å². The topological polar surface area (TPSA) is 67.6 Å². The second kappa shape index (κ2) is 5.93. The summed E-state index contributed by atoms with van der Waals surface area (Å²) in [5, 5.41) is 9.25. The number of fused-ring (bicyclic) bond motifs is 4. The number of hydrogen-bond acceptors (Lipinski definition) is 6. The number of carbonyl (C=O) groups excluding carboxylic acids is 2. The highest BCUT2D eigenvalue weighted by Crippen LogP contribution is 2.30. The minimum Gasteiger partial charge on any atom is -0.273 e. The van der Waals surface area contributed by atoms with E-state index in [2.05, 4.69) is 16.3 Å². The van der Waals surface area contributed by atoms with Crippen molar-refractivity contribution in [1.29, 1.82) is 0 Å². The molecule has 2 aromatic heterocycles. The van der Waals surface area contributed by atoms with E-state index in [-0.39, 0.29) is 11.8 Å². The summed E-state index contributed by atoms with van der Waals surface area (Å²) >= 11 is 3.09. The zero-order chi connectivity index (χ0) is 17.7. The van der Waals surface area contributed by atoms with Crippen LogP contribution in [0.5, 0.6) is 0 Å². The van der Waals surface area contributed by atoms with Crippen molar-refractivity contribution in [1.82, 2.24) is 19.5 Å². The molecule has 0 radical (unpaired) electrons. The van der Waals surface area contributed by atoms with Crippen LogP contribution in [0.4, 0.5) is 0 Å². The summed E-state index contributed by atoms with van der Waals surface area (Å²) in [4.78, 5) is 27.0. The largest absolute Gasteiger partial charge is 0.273 e. The number of para-hydroxylation sites is 1. The van der Waals surface area contributed by atoms with Gasteiger partial charge in [-0.05, 0) is 24.3 Å². The van der Waals surface area contributed by atoms with E-state index < -0.39 is 0 Å². The predicted molar refractivity (Wildman–Crippen MR) is 101 cm³/mol. The first-order valence-corrected chi connectivity index (χ1v) is 9.85. The summed E-state index contributed by atoms with van der Waals surface area (Å²) in [6, 6.07) is 15.0. The number of imide groups is 1. The van der Waals surface area contributed by atoms with E-state index in [0.717, 1.165) is 20.3 Å². The van der Waals surface area contributed by atoms with Crippen molar-refractivity contribution in [2.24, 2.45) is 0 Å². The lowest BCUT2D eigenvalue weighted by atomic mass is 10.1. The predicted octanol–water partition coefficient (Wildman–Crippen LogP) is 3.33. The first kappa shape index (κ1) is 15.5. The molecule has 1 aliphatic rings. The van der Waals surface area contributed by atoms with Gasteiger partial charge in [0.1, 0.15) is 0 Å². The van der Waals surface area contributed by atoms with Gasteiger partial charge in [-0.2, -0.15) is 0 Å². The van der Waals surface area contributed by atoms with Crippen LogP contribution in [0.25, 0.3) is 15.2 Å². The van der Waals surface area contributed by atoms with Gasteiger partial charge in [-0.25, -0.2) is 0 Å². The van der Waals surface area contributed by atoms with Gasteiger partial charge in [-0.1, -0.05) is 47.4 Å². The summed E-state index contributed by atoms with van der Waals surface area (Å²) in [5.41, 5.74) is 2.04. The van der Waals surface area contributed by atoms with E-state index in [1.807, 2.05) is 22.6 Å². The molecule has 0 bridgehead atoms. The van der Waals surface area contributed by atoms with Crippen LogP contribution >= 0.6 is 23.1 Å². The Kier molecular flexibility index (Phi) is 3.54. The third-order valence-corrected chi connectivity index (χ3v) is 6.26. The lowest BCUT2D eigenvalue weighted by molar-refractivity contribution is 0.0664. The Labute approximate surface area is 156 Å². The standard InChI is InChI=1S/C18H12N4O2S2/c23-15-11-5-1-2-6-12(11)16(24)21(15)9-10-25-17-19-20-18-22(17)13-7-3-4-8-14(13)26-18/h1-8H,9-10H2. The van der Waals surface area contributed by atoms with Gasteiger partial charge in [0.25, 0.3) is 11.8 Å². The van der Waals surface area contributed by atoms with Crippen molar-refractivity contribution in [3.63, 3.8) is 0 Å². The van der Waals surface area contributed by atoms with Crippen LogP contribution in [0.3, 0.4) is 0 Å². The second-order valence-corrected chi connectivity index (χ2v) is 7.90. The van der Waals surface area contributed by atoms with Gasteiger partial charge in [0.05, 0.1) is 21.3 Å². The minimum atomic E-state index is -0.224. The normalized spacial score (nSPS) is 13.9. The summed E-state index contributed by atoms with van der Waals surface area (Å²) < 4.78 is 3.17. The zero-order valence-electron chi connectivity index (χ0n) is 13.5. The molecule has 0 saturated heterocycles. The molecule has 0 fully saturated rings. The third-order valence-electron chi connectivity index (χ3n) is 4.34. The first-order chi connectivity index (χ1) is 12.7. The van der Waals surface area contributed by atoms with Gasteiger partial charge < -0.3 is 0 Å². The van der Waals surface area contributed by atoms with E-state index in [4.69, 9.17) is 0 Å². The highest BCUT2D eigenvalue weighted by molar-refractivity contribution is 7.99. The average Bonchev–Trinajstić information content (AvgIpc) is 3.30. The van der Waals surface area contributed by atoms with Crippen LogP contribution in [-0.4, -0.2) is 43.6 Å². The molecule has 3 heterocycles. The molecule has 26 heavy (non-hydrogen) atoms. The van der Waals surface area contributed by atoms with E-state index in [0.29, 0.717) is 23.4 Å². The summed E-state index contributed by atoms with van der Waals surface area (Å²) in [5.74, 6) is 0.119. The van der Waals surface area contributed by atoms with E-state index in [9.17, 15) is 9.59 Å². The van der Waals surface area contributed by atoms with E-state index in [1.54, 1.807) is 35.6 Å². The molecule has 0 N–H and O–H groups in total. The highest BCUT2D eigenvalue weighted by atomic mass is 32.2. The molecule has 0 unspecified atom stereocenters. The second-order valence-electron chi connectivity index (χ2n) is 5.83. The SMILES string of the molecule is O=C1c2ccccc2C(=O)N1CCSc1nnc2sc3ccccc3n12. The quantitative estimate of drug-likeness (QED) is 0.401. The van der Waals surface area contributed by atoms with Crippen molar-refractivity contribution in [3.8, 4) is 0 Å². The van der Waals surface area contributed by atoms with Gasteiger partial charge >= 0.3 is 0 Å². The van der Waals surface area contributed by atoms with Crippen molar-refractivity contribution in [2.45, 2.75) is 5.16 Å². The van der Waals surface area contributed by atoms with Crippen LogP contribution < -0.4 is 0 Å². The molecule has 128 valence electrons. The molecule has 0 saturated carbocycles. The molecule has 0 atom stereocenters. The number of thiazole rings is 1. The molecular weight excluding hydrogens is 368 g/mol. The molecule has 6 nitrogen and oxygen atoms in total. The number of rotatable bonds is 4. The molecule has 1 aliphatic heterocycles. The van der Waals surface area contributed by atoms with Gasteiger partial charge in [-0.3, -0.25) is 18.9 Å². The number of aromatic nitrogens is 3. The summed E-state index contributed by atoms with van der Waals surface area (Å²) in [6.45, 7) is 0.341. The fourth-order valence-corrected chi connectivity index (χ4v) is 5.01. The highest BCUT2D eigenvalue weighted by Gasteiger charge is 2.34. The number of thioether (sulfide) groups is 1. The first-order valence-electron chi connectivity index (χ1n) is 8.05. The summed E-state index contributed by atoms with van der Waals surface area (Å²) in [6.07, 6.45) is 0. The molecule has 8 heteroatoms. The Morgan fingerprint density at radius 3 is 2.38 bits per heavy atom. The minimum absolute atomic E-state index is 0.224. The van der Waals surface area contributed by atoms with Crippen molar-refractivity contribution < 1.29 is 9.59 Å². The maximum absolute atomic E-state index is 12.4. The van der Waals surface area contributed by atoms with Crippen LogP contribution in [-0.2, 0) is 0 Å². The monoisotopic (exact) mass is 380 g/mol. The number of nitrogens with zero attached hydrogens (tertiary/aromatic N) is 4. The fourth-order valence-electron chi connectivity index (χ4n) is 3.12. The van der Waals surface area contributed by atoms with E-state index >= 15 is 0 Å². The van der Waals surface area contributed by atoms with Crippen molar-refractivity contribution in [2.75, 3.05) is 12.3 Å². The Bertz CT molecular complexity index is 1150. The average molecular weight is 380 g/mol. The van der Waals surface area contributed by atoms with Gasteiger partial charge in [0, 0.05) is 12.3 Å². The van der Waals surface area contributed by atoms with Gasteiger partial charge in [0.15, 0.2) is 5.16 Å². The molecule has 2 amide bonds. The van der Waals surface area contributed by atoms with Crippen LogP contribution in [0.1, 0.15) is 20.7 Å². The number of hydrogen-bond donors (Lipinski definition) is 0.